The lowest BCUT2D eigenvalue weighted by atomic mass is 10.1. The van der Waals surface area contributed by atoms with Crippen LogP contribution in [-0.4, -0.2) is 34.4 Å². The summed E-state index contributed by atoms with van der Waals surface area (Å²) in [6, 6.07) is 6.02. The van der Waals surface area contributed by atoms with Gasteiger partial charge in [0.2, 0.25) is 11.8 Å². The Hall–Kier alpha value is -1.24. The summed E-state index contributed by atoms with van der Waals surface area (Å²) in [4.78, 5) is 26.2. The molecular weight excluding hydrogens is 346 g/mol. The highest BCUT2D eigenvalue weighted by atomic mass is 35.5. The maximum Gasteiger partial charge on any atom is 0.243 e. The van der Waals surface area contributed by atoms with Crippen LogP contribution in [0.2, 0.25) is 0 Å². The third-order valence-corrected chi connectivity index (χ3v) is 5.35. The molecule has 3 rings (SSSR count). The quantitative estimate of drug-likeness (QED) is 0.833. The number of fused-ring (bicyclic) bond motifs is 1. The fraction of sp³-hybridized carbons (Fsp3) is 0.529. The first-order chi connectivity index (χ1) is 11.2. The van der Waals surface area contributed by atoms with E-state index in [1.54, 1.807) is 16.7 Å². The van der Waals surface area contributed by atoms with Crippen molar-refractivity contribution in [1.29, 1.82) is 0 Å². The van der Waals surface area contributed by atoms with E-state index in [4.69, 9.17) is 0 Å². The largest absolute Gasteiger partial charge is 0.350 e. The summed E-state index contributed by atoms with van der Waals surface area (Å²) in [5, 5.41) is 6.31. The van der Waals surface area contributed by atoms with Crippen LogP contribution in [0.25, 0.3) is 0 Å². The third kappa shape index (κ3) is 4.23. The predicted octanol–water partition coefficient (Wildman–Crippen LogP) is 2.03. The Kier molecular flexibility index (Phi) is 6.95. The van der Waals surface area contributed by atoms with Crippen LogP contribution in [0.5, 0.6) is 0 Å². The van der Waals surface area contributed by atoms with E-state index in [0.29, 0.717) is 24.6 Å². The van der Waals surface area contributed by atoms with Gasteiger partial charge in [0.05, 0.1) is 5.88 Å². The van der Waals surface area contributed by atoms with Crippen molar-refractivity contribution < 1.29 is 9.59 Å². The molecule has 2 heterocycles. The summed E-state index contributed by atoms with van der Waals surface area (Å²) in [6.07, 6.45) is 1.33. The topological polar surface area (TPSA) is 61.4 Å². The van der Waals surface area contributed by atoms with Gasteiger partial charge in [0.1, 0.15) is 6.04 Å². The molecule has 7 heteroatoms. The van der Waals surface area contributed by atoms with Crippen LogP contribution in [0, 0.1) is 0 Å². The monoisotopic (exact) mass is 369 g/mol. The van der Waals surface area contributed by atoms with Crippen molar-refractivity contribution in [2.24, 2.45) is 0 Å². The van der Waals surface area contributed by atoms with Crippen molar-refractivity contribution >= 4 is 36.0 Å². The van der Waals surface area contributed by atoms with Gasteiger partial charge < -0.3 is 15.5 Å². The summed E-state index contributed by atoms with van der Waals surface area (Å²) >= 11 is 1.65. The fourth-order valence-electron chi connectivity index (χ4n) is 3.03. The van der Waals surface area contributed by atoms with Crippen molar-refractivity contribution in [3.63, 3.8) is 0 Å². The normalized spacial score (nSPS) is 18.9. The Balaban J connectivity index is 0.00000208. The first-order valence-corrected chi connectivity index (χ1v) is 9.31. The van der Waals surface area contributed by atoms with Gasteiger partial charge in [-0.3, -0.25) is 9.59 Å². The Labute approximate surface area is 153 Å². The number of hydrogen-bond donors (Lipinski definition) is 2. The molecule has 0 radical (unpaired) electrons. The molecule has 0 aliphatic carbocycles. The molecule has 2 aliphatic rings. The minimum atomic E-state index is -0.324. The van der Waals surface area contributed by atoms with Crippen LogP contribution in [-0.2, 0) is 29.2 Å². The SMILES string of the molecule is CCCC(=O)N1CSCC1C(=O)NCc1ccc2c(c1)CNC2.Cl. The fourth-order valence-corrected chi connectivity index (χ4v) is 4.21. The van der Waals surface area contributed by atoms with E-state index in [0.717, 1.165) is 25.1 Å². The van der Waals surface area contributed by atoms with E-state index in [9.17, 15) is 9.59 Å². The second-order valence-electron chi connectivity index (χ2n) is 6.05. The van der Waals surface area contributed by atoms with E-state index >= 15 is 0 Å². The molecule has 2 aliphatic heterocycles. The van der Waals surface area contributed by atoms with Crippen LogP contribution in [0.4, 0.5) is 0 Å². The van der Waals surface area contributed by atoms with Gasteiger partial charge in [-0.05, 0) is 23.1 Å². The third-order valence-electron chi connectivity index (χ3n) is 4.34. The predicted molar refractivity (Wildman–Crippen MR) is 98.9 cm³/mol. The Morgan fingerprint density at radius 1 is 1.33 bits per heavy atom. The Morgan fingerprint density at radius 3 is 2.92 bits per heavy atom. The second kappa shape index (κ2) is 8.74. The molecule has 0 aromatic heterocycles. The van der Waals surface area contributed by atoms with E-state index < -0.39 is 0 Å². The molecule has 1 saturated heterocycles. The van der Waals surface area contributed by atoms with Gasteiger partial charge in [-0.2, -0.15) is 0 Å². The first kappa shape index (κ1) is 19.1. The van der Waals surface area contributed by atoms with Crippen LogP contribution in [0.3, 0.4) is 0 Å². The van der Waals surface area contributed by atoms with Crippen LogP contribution < -0.4 is 10.6 Å². The molecule has 132 valence electrons. The minimum absolute atomic E-state index is 0. The highest BCUT2D eigenvalue weighted by Gasteiger charge is 2.33. The lowest BCUT2D eigenvalue weighted by Gasteiger charge is -2.23. The maximum atomic E-state index is 12.4. The van der Waals surface area contributed by atoms with Crippen molar-refractivity contribution in [2.75, 3.05) is 11.6 Å². The van der Waals surface area contributed by atoms with Gasteiger partial charge in [0.25, 0.3) is 0 Å². The summed E-state index contributed by atoms with van der Waals surface area (Å²) < 4.78 is 0. The first-order valence-electron chi connectivity index (χ1n) is 8.15. The Bertz CT molecular complexity index is 611. The number of thioether (sulfide) groups is 1. The second-order valence-corrected chi connectivity index (χ2v) is 7.05. The molecule has 2 amide bonds. The summed E-state index contributed by atoms with van der Waals surface area (Å²) in [5.41, 5.74) is 3.76. The lowest BCUT2D eigenvalue weighted by molar-refractivity contribution is -0.138. The zero-order chi connectivity index (χ0) is 16.2. The van der Waals surface area contributed by atoms with E-state index in [-0.39, 0.29) is 30.3 Å². The number of rotatable bonds is 5. The summed E-state index contributed by atoms with van der Waals surface area (Å²) in [7, 11) is 0. The molecule has 1 aromatic carbocycles. The molecule has 1 atom stereocenters. The lowest BCUT2D eigenvalue weighted by Crippen LogP contribution is -2.47. The number of amides is 2. The van der Waals surface area contributed by atoms with Gasteiger partial charge in [-0.1, -0.05) is 25.1 Å². The van der Waals surface area contributed by atoms with E-state index in [2.05, 4.69) is 28.8 Å². The van der Waals surface area contributed by atoms with Gasteiger partial charge >= 0.3 is 0 Å². The number of nitrogens with one attached hydrogen (secondary N) is 2. The van der Waals surface area contributed by atoms with E-state index in [1.165, 1.54) is 11.1 Å². The highest BCUT2D eigenvalue weighted by molar-refractivity contribution is 7.99. The van der Waals surface area contributed by atoms with Crippen LogP contribution in [0.15, 0.2) is 18.2 Å². The molecule has 1 unspecified atom stereocenters. The molecule has 24 heavy (non-hydrogen) atoms. The van der Waals surface area contributed by atoms with Crippen molar-refractivity contribution in [2.45, 2.75) is 45.4 Å². The summed E-state index contributed by atoms with van der Waals surface area (Å²) in [5.74, 6) is 1.36. The van der Waals surface area contributed by atoms with Gasteiger partial charge in [-0.15, -0.1) is 24.2 Å². The molecule has 2 N–H and O–H groups in total. The van der Waals surface area contributed by atoms with Crippen molar-refractivity contribution in [3.05, 3.63) is 34.9 Å². The molecule has 5 nitrogen and oxygen atoms in total. The highest BCUT2D eigenvalue weighted by Crippen LogP contribution is 2.22. The number of benzene rings is 1. The Morgan fingerprint density at radius 2 is 2.12 bits per heavy atom. The van der Waals surface area contributed by atoms with Crippen LogP contribution >= 0.6 is 24.2 Å². The smallest absolute Gasteiger partial charge is 0.243 e. The zero-order valence-electron chi connectivity index (χ0n) is 13.8. The average Bonchev–Trinajstić information content (AvgIpc) is 3.21. The molecule has 0 spiro atoms. The van der Waals surface area contributed by atoms with Crippen molar-refractivity contribution in [1.82, 2.24) is 15.5 Å². The number of hydrogen-bond acceptors (Lipinski definition) is 4. The van der Waals surface area contributed by atoms with Crippen LogP contribution in [0.1, 0.15) is 36.5 Å². The standard InChI is InChI=1S/C17H23N3O2S.ClH/c1-2-3-16(21)20-11-23-10-15(20)17(22)19-7-12-4-5-13-8-18-9-14(13)6-12;/h4-6,15,18H,2-3,7-11H2,1H3,(H,19,22);1H. The summed E-state index contributed by atoms with van der Waals surface area (Å²) in [6.45, 7) is 4.33. The zero-order valence-corrected chi connectivity index (χ0v) is 15.5. The molecule has 1 aromatic rings. The number of carbonyl (C=O) groups excluding carboxylic acids is 2. The van der Waals surface area contributed by atoms with Gasteiger partial charge in [0, 0.05) is 31.8 Å². The number of nitrogens with zero attached hydrogens (tertiary/aromatic N) is 1. The average molecular weight is 370 g/mol. The number of carbonyl (C=O) groups is 2. The molecular formula is C17H24ClN3O2S. The van der Waals surface area contributed by atoms with Gasteiger partial charge in [0.15, 0.2) is 0 Å². The minimum Gasteiger partial charge on any atom is -0.350 e. The molecule has 0 bridgehead atoms. The maximum absolute atomic E-state index is 12.4. The van der Waals surface area contributed by atoms with Crippen molar-refractivity contribution in [3.8, 4) is 0 Å². The van der Waals surface area contributed by atoms with Gasteiger partial charge in [-0.25, -0.2) is 0 Å². The molecule has 0 saturated carbocycles. The molecule has 1 fully saturated rings. The van der Waals surface area contributed by atoms with E-state index in [1.807, 2.05) is 6.92 Å². The number of halogens is 1.